The molecule has 5 nitrogen and oxygen atoms in total. The van der Waals surface area contributed by atoms with Gasteiger partial charge in [0.25, 0.3) is 0 Å². The van der Waals surface area contributed by atoms with E-state index in [1.807, 2.05) is 0 Å². The van der Waals surface area contributed by atoms with Crippen molar-refractivity contribution < 1.29 is 23.8 Å². The second kappa shape index (κ2) is 6.09. The molecule has 20 heavy (non-hydrogen) atoms. The minimum atomic E-state index is -1.52. The first kappa shape index (κ1) is 14.6. The van der Waals surface area contributed by atoms with Gasteiger partial charge in [-0.25, -0.2) is 9.18 Å². The predicted octanol–water partition coefficient (Wildman–Crippen LogP) is 1.43. The Bertz CT molecular complexity index is 537. The van der Waals surface area contributed by atoms with Crippen molar-refractivity contribution in [2.45, 2.75) is 12.5 Å². The molecule has 0 radical (unpaired) electrons. The molecule has 1 aliphatic heterocycles. The van der Waals surface area contributed by atoms with E-state index in [1.54, 1.807) is 18.2 Å². The number of fused-ring (bicyclic) bond motifs is 1. The van der Waals surface area contributed by atoms with Crippen molar-refractivity contribution in [1.29, 1.82) is 0 Å². The molecule has 1 amide bonds. The third kappa shape index (κ3) is 3.19. The molecule has 0 bridgehead atoms. The number of rotatable bonds is 4. The van der Waals surface area contributed by atoms with Crippen molar-refractivity contribution >= 4 is 23.5 Å². The molecular weight excluding hydrogens is 289 g/mol. The number of hydrogen-bond acceptors (Lipinski definition) is 3. The van der Waals surface area contributed by atoms with E-state index in [1.165, 1.54) is 0 Å². The van der Waals surface area contributed by atoms with E-state index >= 15 is 0 Å². The van der Waals surface area contributed by atoms with Gasteiger partial charge in [-0.1, -0.05) is 11.6 Å². The van der Waals surface area contributed by atoms with Crippen LogP contribution in [-0.2, 0) is 16.0 Å². The highest BCUT2D eigenvalue weighted by Crippen LogP contribution is 2.29. The first-order valence-corrected chi connectivity index (χ1v) is 6.39. The number of benzene rings is 1. The van der Waals surface area contributed by atoms with Crippen molar-refractivity contribution in [1.82, 2.24) is 5.32 Å². The SMILES string of the molecule is O=C(NC(CF)C(=O)O)C1COc2ccc(Cl)cc2C1. The van der Waals surface area contributed by atoms with Crippen LogP contribution in [0, 0.1) is 5.92 Å². The maximum absolute atomic E-state index is 12.5. The number of aliphatic carboxylic acids is 1. The number of alkyl halides is 1. The maximum atomic E-state index is 12.5. The molecule has 0 saturated carbocycles. The number of hydrogen-bond donors (Lipinski definition) is 2. The van der Waals surface area contributed by atoms with E-state index in [0.29, 0.717) is 17.2 Å². The molecule has 0 aromatic heterocycles. The maximum Gasteiger partial charge on any atom is 0.328 e. The van der Waals surface area contributed by atoms with Gasteiger partial charge in [-0.15, -0.1) is 0 Å². The summed E-state index contributed by atoms with van der Waals surface area (Å²) in [5.41, 5.74) is 0.774. The highest BCUT2D eigenvalue weighted by molar-refractivity contribution is 6.30. The van der Waals surface area contributed by atoms with Gasteiger partial charge in [0.2, 0.25) is 5.91 Å². The molecular formula is C13H13ClFNO4. The Morgan fingerprint density at radius 3 is 2.95 bits per heavy atom. The number of halogens is 2. The minimum absolute atomic E-state index is 0.124. The van der Waals surface area contributed by atoms with Crippen LogP contribution in [0.2, 0.25) is 5.02 Å². The highest BCUT2D eigenvalue weighted by atomic mass is 35.5. The van der Waals surface area contributed by atoms with Gasteiger partial charge in [0.05, 0.1) is 5.92 Å². The van der Waals surface area contributed by atoms with Crippen LogP contribution in [0.4, 0.5) is 4.39 Å². The van der Waals surface area contributed by atoms with Crippen molar-refractivity contribution in [2.24, 2.45) is 5.92 Å². The van der Waals surface area contributed by atoms with Crippen molar-refractivity contribution in [2.75, 3.05) is 13.3 Å². The van der Waals surface area contributed by atoms with Gasteiger partial charge >= 0.3 is 5.97 Å². The second-order valence-corrected chi connectivity index (χ2v) is 4.95. The molecule has 0 saturated heterocycles. The van der Waals surface area contributed by atoms with E-state index in [2.05, 4.69) is 5.32 Å². The largest absolute Gasteiger partial charge is 0.492 e. The second-order valence-electron chi connectivity index (χ2n) is 4.52. The van der Waals surface area contributed by atoms with Gasteiger partial charge in [-0.2, -0.15) is 0 Å². The molecule has 1 heterocycles. The molecule has 108 valence electrons. The lowest BCUT2D eigenvalue weighted by atomic mass is 9.96. The molecule has 1 aromatic rings. The predicted molar refractivity (Wildman–Crippen MR) is 69.7 cm³/mol. The summed E-state index contributed by atoms with van der Waals surface area (Å²) in [6.07, 6.45) is 0.375. The summed E-state index contributed by atoms with van der Waals surface area (Å²) < 4.78 is 17.9. The Balaban J connectivity index is 2.05. The lowest BCUT2D eigenvalue weighted by Gasteiger charge is -2.25. The molecule has 2 N–H and O–H groups in total. The minimum Gasteiger partial charge on any atom is -0.492 e. The van der Waals surface area contributed by atoms with Gasteiger partial charge in [-0.05, 0) is 30.2 Å². The van der Waals surface area contributed by atoms with E-state index in [0.717, 1.165) is 5.56 Å². The van der Waals surface area contributed by atoms with Gasteiger partial charge < -0.3 is 15.2 Å². The number of carbonyl (C=O) groups is 2. The fourth-order valence-electron chi connectivity index (χ4n) is 1.99. The fourth-order valence-corrected chi connectivity index (χ4v) is 2.18. The number of ether oxygens (including phenoxy) is 1. The first-order chi connectivity index (χ1) is 9.51. The smallest absolute Gasteiger partial charge is 0.328 e. The average molecular weight is 302 g/mol. The highest BCUT2D eigenvalue weighted by Gasteiger charge is 2.29. The molecule has 0 spiro atoms. The van der Waals surface area contributed by atoms with Crippen LogP contribution in [0.5, 0.6) is 5.75 Å². The summed E-state index contributed by atoms with van der Waals surface area (Å²) >= 11 is 5.87. The van der Waals surface area contributed by atoms with Crippen LogP contribution in [0.1, 0.15) is 5.56 Å². The standard InChI is InChI=1S/C13H13ClFNO4/c14-9-1-2-11-7(4-9)3-8(6-20-11)12(17)16-10(5-15)13(18)19/h1-2,4,8,10H,3,5-6H2,(H,16,17)(H,18,19). The molecule has 2 unspecified atom stereocenters. The lowest BCUT2D eigenvalue weighted by molar-refractivity contribution is -0.143. The van der Waals surface area contributed by atoms with E-state index in [-0.39, 0.29) is 6.61 Å². The van der Waals surface area contributed by atoms with Crippen molar-refractivity contribution in [3.63, 3.8) is 0 Å². The van der Waals surface area contributed by atoms with E-state index in [4.69, 9.17) is 21.4 Å². The normalized spacial score (nSPS) is 18.6. The van der Waals surface area contributed by atoms with E-state index < -0.39 is 30.5 Å². The number of carboxylic acids is 1. The summed E-state index contributed by atoms with van der Waals surface area (Å²) in [5.74, 6) is -1.85. The summed E-state index contributed by atoms with van der Waals surface area (Å²) in [5, 5.41) is 11.4. The average Bonchev–Trinajstić information content (AvgIpc) is 2.43. The van der Waals surface area contributed by atoms with Crippen molar-refractivity contribution in [3.8, 4) is 5.75 Å². The van der Waals surface area contributed by atoms with Crippen LogP contribution in [0.3, 0.4) is 0 Å². The Morgan fingerprint density at radius 2 is 2.30 bits per heavy atom. The Morgan fingerprint density at radius 1 is 1.55 bits per heavy atom. The molecule has 1 aromatic carbocycles. The fraction of sp³-hybridized carbons (Fsp3) is 0.385. The van der Waals surface area contributed by atoms with Crippen LogP contribution >= 0.6 is 11.6 Å². The molecule has 0 fully saturated rings. The summed E-state index contributed by atoms with van der Waals surface area (Å²) in [7, 11) is 0. The number of carboxylic acid groups (broad SMARTS) is 1. The molecule has 0 aliphatic carbocycles. The van der Waals surface area contributed by atoms with Gasteiger partial charge in [0.15, 0.2) is 6.04 Å². The zero-order valence-corrected chi connectivity index (χ0v) is 11.2. The summed E-state index contributed by atoms with van der Waals surface area (Å²) in [6, 6.07) is 3.57. The first-order valence-electron chi connectivity index (χ1n) is 6.01. The van der Waals surface area contributed by atoms with Crippen molar-refractivity contribution in [3.05, 3.63) is 28.8 Å². The molecule has 7 heteroatoms. The van der Waals surface area contributed by atoms with E-state index in [9.17, 15) is 14.0 Å². The third-order valence-electron chi connectivity index (χ3n) is 3.07. The number of nitrogens with one attached hydrogen (secondary N) is 1. The monoisotopic (exact) mass is 301 g/mol. The summed E-state index contributed by atoms with van der Waals surface area (Å²) in [6.45, 7) is -1.03. The molecule has 2 atom stereocenters. The van der Waals surface area contributed by atoms with Crippen LogP contribution in [0.15, 0.2) is 18.2 Å². The van der Waals surface area contributed by atoms with Crippen LogP contribution in [0.25, 0.3) is 0 Å². The number of amides is 1. The molecule has 2 rings (SSSR count). The zero-order chi connectivity index (χ0) is 14.7. The van der Waals surface area contributed by atoms with Crippen LogP contribution in [-0.4, -0.2) is 36.3 Å². The van der Waals surface area contributed by atoms with Gasteiger partial charge in [-0.3, -0.25) is 4.79 Å². The van der Waals surface area contributed by atoms with Gasteiger partial charge in [0, 0.05) is 5.02 Å². The number of carbonyl (C=O) groups excluding carboxylic acids is 1. The quantitative estimate of drug-likeness (QED) is 0.882. The molecule has 1 aliphatic rings. The van der Waals surface area contributed by atoms with Gasteiger partial charge in [0.1, 0.15) is 19.0 Å². The summed E-state index contributed by atoms with van der Waals surface area (Å²) in [4.78, 5) is 22.6. The lowest BCUT2D eigenvalue weighted by Crippen LogP contribution is -2.47. The Labute approximate surface area is 119 Å². The third-order valence-corrected chi connectivity index (χ3v) is 3.30. The Hall–Kier alpha value is -1.82. The Kier molecular flexibility index (Phi) is 4.44. The van der Waals surface area contributed by atoms with Crippen LogP contribution < -0.4 is 10.1 Å². The zero-order valence-electron chi connectivity index (χ0n) is 10.4. The topological polar surface area (TPSA) is 75.6 Å².